The van der Waals surface area contributed by atoms with Gasteiger partial charge in [0.15, 0.2) is 0 Å². The lowest BCUT2D eigenvalue weighted by Crippen LogP contribution is -2.13. The van der Waals surface area contributed by atoms with Gasteiger partial charge in [-0.05, 0) is 25.0 Å². The summed E-state index contributed by atoms with van der Waals surface area (Å²) in [5.41, 5.74) is 1.51. The second kappa shape index (κ2) is 6.40. The maximum absolute atomic E-state index is 9.00. The lowest BCUT2D eigenvalue weighted by Gasteiger charge is -2.14. The lowest BCUT2D eigenvalue weighted by atomic mass is 10.1. The molecule has 2 rings (SSSR count). The molecule has 1 unspecified atom stereocenters. The van der Waals surface area contributed by atoms with Gasteiger partial charge in [-0.25, -0.2) is 0 Å². The predicted molar refractivity (Wildman–Crippen MR) is 69.5 cm³/mol. The van der Waals surface area contributed by atoms with Crippen LogP contribution in [0.15, 0.2) is 29.4 Å². The maximum Gasteiger partial charge on any atom is 0.128 e. The normalized spacial score (nSPS) is 20.1. The molecule has 0 amide bonds. The van der Waals surface area contributed by atoms with Crippen LogP contribution in [0.2, 0.25) is 0 Å². The summed E-state index contributed by atoms with van der Waals surface area (Å²) in [7, 11) is 0. The monoisotopic (exact) mass is 249 g/mol. The van der Waals surface area contributed by atoms with Crippen LogP contribution in [-0.4, -0.2) is 30.7 Å². The van der Waals surface area contributed by atoms with Crippen molar-refractivity contribution in [2.45, 2.75) is 19.8 Å². The molecule has 1 saturated heterocycles. The fourth-order valence-electron chi connectivity index (χ4n) is 2.07. The second-order valence-electron chi connectivity index (χ2n) is 4.44. The van der Waals surface area contributed by atoms with Crippen LogP contribution in [-0.2, 0) is 4.74 Å². The average Bonchev–Trinajstić information content (AvgIpc) is 2.92. The van der Waals surface area contributed by atoms with Crippen LogP contribution >= 0.6 is 0 Å². The third-order valence-electron chi connectivity index (χ3n) is 3.15. The molecule has 0 aromatic heterocycles. The first-order valence-electron chi connectivity index (χ1n) is 6.36. The molecule has 0 saturated carbocycles. The number of hydrogen-bond acceptors (Lipinski definition) is 4. The highest BCUT2D eigenvalue weighted by Gasteiger charge is 2.17. The van der Waals surface area contributed by atoms with Gasteiger partial charge in [-0.2, -0.15) is 0 Å². The van der Waals surface area contributed by atoms with Crippen LogP contribution in [0.4, 0.5) is 0 Å². The molecule has 1 N–H and O–H groups in total. The Morgan fingerprint density at radius 1 is 1.50 bits per heavy atom. The maximum atomic E-state index is 9.00. The van der Waals surface area contributed by atoms with Crippen molar-refractivity contribution >= 4 is 5.71 Å². The molecule has 1 aliphatic heterocycles. The Balaban J connectivity index is 2.07. The molecule has 0 aliphatic carbocycles. The summed E-state index contributed by atoms with van der Waals surface area (Å²) in [4.78, 5) is 0. The zero-order valence-electron chi connectivity index (χ0n) is 10.6. The van der Waals surface area contributed by atoms with E-state index in [-0.39, 0.29) is 0 Å². The molecule has 1 fully saturated rings. The van der Waals surface area contributed by atoms with Crippen molar-refractivity contribution in [1.82, 2.24) is 0 Å². The number of oxime groups is 1. The van der Waals surface area contributed by atoms with Crippen molar-refractivity contribution in [2.24, 2.45) is 11.1 Å². The average molecular weight is 249 g/mol. The lowest BCUT2D eigenvalue weighted by molar-refractivity contribution is 0.167. The number of hydrogen-bond donors (Lipinski definition) is 1. The number of benzene rings is 1. The first kappa shape index (κ1) is 12.9. The number of para-hydroxylation sites is 1. The van der Waals surface area contributed by atoms with E-state index in [4.69, 9.17) is 14.7 Å². The molecule has 1 atom stereocenters. The molecule has 0 bridgehead atoms. The fraction of sp³-hybridized carbons (Fsp3) is 0.500. The molecule has 0 spiro atoms. The van der Waals surface area contributed by atoms with Crippen LogP contribution in [0.25, 0.3) is 0 Å². The minimum atomic E-state index is 0.467. The van der Waals surface area contributed by atoms with Crippen molar-refractivity contribution in [3.05, 3.63) is 29.8 Å². The van der Waals surface area contributed by atoms with Gasteiger partial charge in [0.05, 0.1) is 18.9 Å². The molecule has 4 nitrogen and oxygen atoms in total. The topological polar surface area (TPSA) is 51.1 Å². The summed E-state index contributed by atoms with van der Waals surface area (Å²) in [5, 5.41) is 12.3. The highest BCUT2D eigenvalue weighted by molar-refractivity contribution is 6.02. The molecular weight excluding hydrogens is 230 g/mol. The Morgan fingerprint density at radius 3 is 3.00 bits per heavy atom. The van der Waals surface area contributed by atoms with E-state index in [1.54, 1.807) is 0 Å². The van der Waals surface area contributed by atoms with E-state index in [1.807, 2.05) is 31.2 Å². The summed E-state index contributed by atoms with van der Waals surface area (Å²) in [6, 6.07) is 7.67. The predicted octanol–water partition coefficient (Wildman–Crippen LogP) is 2.69. The molecule has 18 heavy (non-hydrogen) atoms. The third kappa shape index (κ3) is 3.01. The van der Waals surface area contributed by atoms with E-state index >= 15 is 0 Å². The zero-order valence-corrected chi connectivity index (χ0v) is 10.6. The van der Waals surface area contributed by atoms with Gasteiger partial charge < -0.3 is 14.7 Å². The molecule has 1 aromatic carbocycles. The van der Waals surface area contributed by atoms with Gasteiger partial charge in [0, 0.05) is 18.1 Å². The fourth-order valence-corrected chi connectivity index (χ4v) is 2.07. The first-order valence-corrected chi connectivity index (χ1v) is 6.36. The molecular formula is C14H19NO3. The minimum Gasteiger partial charge on any atom is -0.493 e. The van der Waals surface area contributed by atoms with Crippen molar-refractivity contribution in [3.8, 4) is 5.75 Å². The summed E-state index contributed by atoms with van der Waals surface area (Å²) < 4.78 is 11.2. The van der Waals surface area contributed by atoms with Crippen LogP contribution < -0.4 is 4.74 Å². The Hall–Kier alpha value is -1.55. The van der Waals surface area contributed by atoms with Crippen molar-refractivity contribution < 1.29 is 14.7 Å². The second-order valence-corrected chi connectivity index (χ2v) is 4.44. The van der Waals surface area contributed by atoms with Gasteiger partial charge in [-0.15, -0.1) is 0 Å². The Morgan fingerprint density at radius 2 is 2.33 bits per heavy atom. The van der Waals surface area contributed by atoms with E-state index in [0.29, 0.717) is 24.7 Å². The van der Waals surface area contributed by atoms with Gasteiger partial charge in [0.2, 0.25) is 0 Å². The van der Waals surface area contributed by atoms with Crippen LogP contribution in [0.5, 0.6) is 5.75 Å². The summed E-state index contributed by atoms with van der Waals surface area (Å²) >= 11 is 0. The van der Waals surface area contributed by atoms with Crippen molar-refractivity contribution in [2.75, 3.05) is 19.8 Å². The van der Waals surface area contributed by atoms with E-state index in [9.17, 15) is 0 Å². The molecule has 1 aliphatic rings. The van der Waals surface area contributed by atoms with Crippen LogP contribution in [0.3, 0.4) is 0 Å². The van der Waals surface area contributed by atoms with E-state index in [1.165, 1.54) is 0 Å². The quantitative estimate of drug-likeness (QED) is 0.496. The van der Waals surface area contributed by atoms with Gasteiger partial charge in [0.25, 0.3) is 0 Å². The van der Waals surface area contributed by atoms with Gasteiger partial charge in [0.1, 0.15) is 5.75 Å². The SMILES string of the molecule is CC/C(=N/O)c1ccccc1OCC1CCOC1. The van der Waals surface area contributed by atoms with E-state index < -0.39 is 0 Å². The highest BCUT2D eigenvalue weighted by Crippen LogP contribution is 2.22. The van der Waals surface area contributed by atoms with E-state index in [2.05, 4.69) is 5.16 Å². The van der Waals surface area contributed by atoms with Gasteiger partial charge >= 0.3 is 0 Å². The smallest absolute Gasteiger partial charge is 0.128 e. The molecule has 1 aromatic rings. The van der Waals surface area contributed by atoms with Crippen molar-refractivity contribution in [3.63, 3.8) is 0 Å². The van der Waals surface area contributed by atoms with E-state index in [0.717, 1.165) is 30.9 Å². The molecule has 0 radical (unpaired) electrons. The molecule has 4 heteroatoms. The molecule has 1 heterocycles. The highest BCUT2D eigenvalue weighted by atomic mass is 16.5. The Kier molecular flexibility index (Phi) is 4.59. The third-order valence-corrected chi connectivity index (χ3v) is 3.15. The van der Waals surface area contributed by atoms with Crippen molar-refractivity contribution in [1.29, 1.82) is 0 Å². The van der Waals surface area contributed by atoms with Gasteiger partial charge in [-0.1, -0.05) is 24.2 Å². The Labute approximate surface area is 107 Å². The first-order chi connectivity index (χ1) is 8.85. The number of nitrogens with zero attached hydrogens (tertiary/aromatic N) is 1. The molecule has 98 valence electrons. The Bertz CT molecular complexity index is 411. The van der Waals surface area contributed by atoms with Crippen LogP contribution in [0, 0.1) is 5.92 Å². The number of rotatable bonds is 5. The van der Waals surface area contributed by atoms with Gasteiger partial charge in [-0.3, -0.25) is 0 Å². The number of ether oxygens (including phenoxy) is 2. The zero-order chi connectivity index (χ0) is 12.8. The summed E-state index contributed by atoms with van der Waals surface area (Å²) in [6.45, 7) is 4.21. The summed E-state index contributed by atoms with van der Waals surface area (Å²) in [5.74, 6) is 1.24. The van der Waals surface area contributed by atoms with Crippen LogP contribution in [0.1, 0.15) is 25.3 Å². The summed E-state index contributed by atoms with van der Waals surface area (Å²) in [6.07, 6.45) is 1.72. The largest absolute Gasteiger partial charge is 0.493 e. The minimum absolute atomic E-state index is 0.467. The standard InChI is InChI=1S/C14H19NO3/c1-2-13(15-16)12-5-3-4-6-14(12)18-10-11-7-8-17-9-11/h3-6,11,16H,2,7-10H2,1H3/b15-13-.